The standard InChI is InChI=1S/C44H42N6O4S/c51-41(38-15-9-25-49(38)42(52)39(31-10-3-1-4-11-31)32-12-5-2-6-13-32)46-34-18-16-33(17-19-34)40-43(53)50(30-36-14-7-8-24-45-36)44(55-40)47-35-20-22-37(23-21-35)48-26-28-54-29-27-48/h1-8,10-14,16-24,38-40H,9,15,25-30H2,(H,46,51)/t38-,40?/m1/s1. The fourth-order valence-corrected chi connectivity index (χ4v) is 8.60. The molecule has 278 valence electrons. The van der Waals surface area contributed by atoms with Crippen LogP contribution in [-0.2, 0) is 25.7 Å². The number of aromatic nitrogens is 1. The number of anilines is 2. The van der Waals surface area contributed by atoms with Crippen molar-refractivity contribution in [2.24, 2.45) is 4.99 Å². The first-order valence-corrected chi connectivity index (χ1v) is 19.6. The molecule has 0 aliphatic carbocycles. The van der Waals surface area contributed by atoms with E-state index in [4.69, 9.17) is 9.73 Å². The molecule has 5 aromatic rings. The molecule has 1 aromatic heterocycles. The Morgan fingerprint density at radius 2 is 1.49 bits per heavy atom. The summed E-state index contributed by atoms with van der Waals surface area (Å²) in [6.45, 7) is 3.94. The van der Waals surface area contributed by atoms with Gasteiger partial charge in [0.05, 0.1) is 37.1 Å². The van der Waals surface area contributed by atoms with Crippen LogP contribution in [0.15, 0.2) is 139 Å². The molecule has 0 bridgehead atoms. The number of pyridine rings is 1. The largest absolute Gasteiger partial charge is 0.378 e. The number of nitrogens with zero attached hydrogens (tertiary/aromatic N) is 5. The molecule has 10 nitrogen and oxygen atoms in total. The van der Waals surface area contributed by atoms with Crippen LogP contribution < -0.4 is 10.2 Å². The van der Waals surface area contributed by atoms with Crippen molar-refractivity contribution in [3.63, 3.8) is 0 Å². The van der Waals surface area contributed by atoms with Gasteiger partial charge in [0.1, 0.15) is 11.3 Å². The van der Waals surface area contributed by atoms with Gasteiger partial charge in [0.15, 0.2) is 5.17 Å². The van der Waals surface area contributed by atoms with Crippen LogP contribution in [0, 0.1) is 0 Å². The van der Waals surface area contributed by atoms with Crippen molar-refractivity contribution in [2.45, 2.75) is 36.6 Å². The number of thioether (sulfide) groups is 1. The van der Waals surface area contributed by atoms with Crippen molar-refractivity contribution in [1.82, 2.24) is 14.8 Å². The predicted octanol–water partition coefficient (Wildman–Crippen LogP) is 7.18. The first kappa shape index (κ1) is 36.2. The van der Waals surface area contributed by atoms with Crippen LogP contribution in [0.3, 0.4) is 0 Å². The lowest BCUT2D eigenvalue weighted by Crippen LogP contribution is -2.45. The second-order valence-electron chi connectivity index (χ2n) is 13.8. The van der Waals surface area contributed by atoms with Gasteiger partial charge < -0.3 is 19.9 Å². The number of carbonyl (C=O) groups is 3. The number of carbonyl (C=O) groups excluding carboxylic acids is 3. The highest BCUT2D eigenvalue weighted by molar-refractivity contribution is 8.15. The summed E-state index contributed by atoms with van der Waals surface area (Å²) in [7, 11) is 0. The van der Waals surface area contributed by atoms with Crippen LogP contribution in [-0.4, -0.2) is 76.6 Å². The van der Waals surface area contributed by atoms with Crippen LogP contribution in [0.25, 0.3) is 0 Å². The Morgan fingerprint density at radius 1 is 0.818 bits per heavy atom. The van der Waals surface area contributed by atoms with Crippen molar-refractivity contribution >= 4 is 51.7 Å². The Kier molecular flexibility index (Phi) is 11.0. The van der Waals surface area contributed by atoms with E-state index < -0.39 is 17.2 Å². The summed E-state index contributed by atoms with van der Waals surface area (Å²) >= 11 is 1.41. The first-order chi connectivity index (χ1) is 27.0. The van der Waals surface area contributed by atoms with Crippen molar-refractivity contribution in [1.29, 1.82) is 0 Å². The number of morpholine rings is 1. The third-order valence-electron chi connectivity index (χ3n) is 10.3. The van der Waals surface area contributed by atoms with Gasteiger partial charge >= 0.3 is 0 Å². The third-order valence-corrected chi connectivity index (χ3v) is 11.5. The normalized spacial score (nSPS) is 19.3. The fourth-order valence-electron chi connectivity index (χ4n) is 7.43. The SMILES string of the molecule is O=C(Nc1ccc(C2SC(=Nc3ccc(N4CCOCC4)cc3)N(Cc3ccccn3)C2=O)cc1)[C@H]1CCCN1C(=O)C(c1ccccc1)c1ccccc1. The van der Waals surface area contributed by atoms with Gasteiger partial charge in [-0.3, -0.25) is 24.3 Å². The summed E-state index contributed by atoms with van der Waals surface area (Å²) in [5, 5.41) is 3.14. The van der Waals surface area contributed by atoms with E-state index in [9.17, 15) is 14.4 Å². The minimum Gasteiger partial charge on any atom is -0.378 e. The van der Waals surface area contributed by atoms with Crippen molar-refractivity contribution < 1.29 is 19.1 Å². The quantitative estimate of drug-likeness (QED) is 0.161. The number of hydrogen-bond donors (Lipinski definition) is 1. The van der Waals surface area contributed by atoms with Crippen molar-refractivity contribution in [3.8, 4) is 0 Å². The summed E-state index contributed by atoms with van der Waals surface area (Å²) < 4.78 is 5.50. The molecule has 3 aliphatic heterocycles. The molecule has 0 saturated carbocycles. The molecule has 3 saturated heterocycles. The Balaban J connectivity index is 0.975. The minimum absolute atomic E-state index is 0.0806. The molecule has 3 fully saturated rings. The zero-order chi connectivity index (χ0) is 37.6. The average Bonchev–Trinajstić information content (AvgIpc) is 3.85. The lowest BCUT2D eigenvalue weighted by Gasteiger charge is -2.29. The van der Waals surface area contributed by atoms with E-state index in [0.29, 0.717) is 43.6 Å². The van der Waals surface area contributed by atoms with Gasteiger partial charge in [-0.15, -0.1) is 0 Å². The second kappa shape index (κ2) is 16.7. The summed E-state index contributed by atoms with van der Waals surface area (Å²) in [4.78, 5) is 57.1. The fraction of sp³-hybridized carbons (Fsp3) is 0.250. The van der Waals surface area contributed by atoms with Gasteiger partial charge in [0.2, 0.25) is 17.7 Å². The Morgan fingerprint density at radius 3 is 2.15 bits per heavy atom. The molecule has 4 aromatic carbocycles. The number of rotatable bonds is 10. The number of nitrogens with one attached hydrogen (secondary N) is 1. The second-order valence-corrected chi connectivity index (χ2v) is 14.9. The molecule has 4 heterocycles. The highest BCUT2D eigenvalue weighted by Crippen LogP contribution is 2.42. The Hall–Kier alpha value is -5.78. The summed E-state index contributed by atoms with van der Waals surface area (Å²) in [6, 6.07) is 40.0. The number of aliphatic imine (C=N–C) groups is 1. The molecule has 1 N–H and O–H groups in total. The van der Waals surface area contributed by atoms with E-state index in [-0.39, 0.29) is 17.7 Å². The highest BCUT2D eigenvalue weighted by Gasteiger charge is 2.40. The van der Waals surface area contributed by atoms with E-state index in [1.54, 1.807) is 16.0 Å². The predicted molar refractivity (Wildman–Crippen MR) is 216 cm³/mol. The average molecular weight is 751 g/mol. The lowest BCUT2D eigenvalue weighted by atomic mass is 9.90. The molecule has 3 amide bonds. The minimum atomic E-state index is -0.587. The van der Waals surface area contributed by atoms with Crippen LogP contribution in [0.2, 0.25) is 0 Å². The number of amides is 3. The van der Waals surface area contributed by atoms with E-state index >= 15 is 0 Å². The van der Waals surface area contributed by atoms with Gasteiger partial charge in [0, 0.05) is 37.2 Å². The number of ether oxygens (including phenoxy) is 1. The summed E-state index contributed by atoms with van der Waals surface area (Å²) in [5.74, 6) is -0.886. The van der Waals surface area contributed by atoms with E-state index in [0.717, 1.165) is 53.3 Å². The molecule has 1 unspecified atom stereocenters. The van der Waals surface area contributed by atoms with Crippen LogP contribution in [0.5, 0.6) is 0 Å². The zero-order valence-electron chi connectivity index (χ0n) is 30.4. The Labute approximate surface area is 325 Å². The van der Waals surface area contributed by atoms with Gasteiger partial charge in [0.25, 0.3) is 0 Å². The highest BCUT2D eigenvalue weighted by atomic mass is 32.2. The molecule has 0 spiro atoms. The summed E-state index contributed by atoms with van der Waals surface area (Å²) in [5.41, 5.74) is 5.85. The third kappa shape index (κ3) is 8.18. The van der Waals surface area contributed by atoms with Crippen LogP contribution in [0.4, 0.5) is 17.1 Å². The van der Waals surface area contributed by atoms with E-state index in [1.807, 2.05) is 115 Å². The molecular formula is C44H42N6O4S. The molecule has 0 radical (unpaired) electrons. The number of benzene rings is 4. The van der Waals surface area contributed by atoms with Gasteiger partial charge in [-0.2, -0.15) is 0 Å². The molecule has 8 rings (SSSR count). The molecule has 11 heteroatoms. The summed E-state index contributed by atoms with van der Waals surface area (Å²) in [6.07, 6.45) is 3.06. The van der Waals surface area contributed by atoms with E-state index in [1.165, 1.54) is 11.8 Å². The van der Waals surface area contributed by atoms with Gasteiger partial charge in [-0.05, 0) is 78.1 Å². The van der Waals surface area contributed by atoms with Gasteiger partial charge in [-0.25, -0.2) is 4.99 Å². The smallest absolute Gasteiger partial charge is 0.247 e. The topological polar surface area (TPSA) is 107 Å². The lowest BCUT2D eigenvalue weighted by molar-refractivity contribution is -0.137. The van der Waals surface area contributed by atoms with Crippen molar-refractivity contribution in [3.05, 3.63) is 156 Å². The van der Waals surface area contributed by atoms with Gasteiger partial charge in [-0.1, -0.05) is 90.6 Å². The number of likely N-dealkylation sites (tertiary alicyclic amines) is 1. The number of amidine groups is 1. The monoisotopic (exact) mass is 750 g/mol. The van der Waals surface area contributed by atoms with Crippen molar-refractivity contribution in [2.75, 3.05) is 43.1 Å². The van der Waals surface area contributed by atoms with E-state index in [2.05, 4.69) is 27.3 Å². The molecule has 2 atom stereocenters. The number of hydrogen-bond acceptors (Lipinski definition) is 8. The Bertz CT molecular complexity index is 2090. The van der Waals surface area contributed by atoms with Crippen LogP contribution in [0.1, 0.15) is 46.4 Å². The molecule has 55 heavy (non-hydrogen) atoms. The van der Waals surface area contributed by atoms with Crippen LogP contribution >= 0.6 is 11.8 Å². The maximum Gasteiger partial charge on any atom is 0.247 e. The zero-order valence-corrected chi connectivity index (χ0v) is 31.2. The maximum absolute atomic E-state index is 14.2. The molecular weight excluding hydrogens is 709 g/mol. The molecule has 3 aliphatic rings. The maximum atomic E-state index is 14.2. The first-order valence-electron chi connectivity index (χ1n) is 18.7.